The SMILES string of the molecule is Brc1ccc(-c2ccnnc2)cn1. The van der Waals surface area contributed by atoms with Crippen molar-refractivity contribution in [1.82, 2.24) is 15.2 Å². The number of pyridine rings is 1. The van der Waals surface area contributed by atoms with Crippen LogP contribution >= 0.6 is 15.9 Å². The fourth-order valence-electron chi connectivity index (χ4n) is 1.01. The second kappa shape index (κ2) is 3.62. The summed E-state index contributed by atoms with van der Waals surface area (Å²) in [7, 11) is 0. The predicted octanol–water partition coefficient (Wildman–Crippen LogP) is 2.30. The van der Waals surface area contributed by atoms with Gasteiger partial charge in [-0.1, -0.05) is 6.07 Å². The number of rotatable bonds is 1. The largest absolute Gasteiger partial charge is 0.249 e. The molecule has 0 amide bonds. The van der Waals surface area contributed by atoms with E-state index in [1.165, 1.54) is 0 Å². The molecule has 4 heteroatoms. The topological polar surface area (TPSA) is 38.7 Å². The fraction of sp³-hybridized carbons (Fsp3) is 0. The van der Waals surface area contributed by atoms with Gasteiger partial charge in [-0.15, -0.1) is 0 Å². The lowest BCUT2D eigenvalue weighted by Gasteiger charge is -1.98. The minimum absolute atomic E-state index is 0.832. The molecule has 0 radical (unpaired) electrons. The Morgan fingerprint density at radius 2 is 1.77 bits per heavy atom. The van der Waals surface area contributed by atoms with E-state index in [9.17, 15) is 0 Å². The summed E-state index contributed by atoms with van der Waals surface area (Å²) < 4.78 is 0.832. The molecule has 0 aliphatic rings. The van der Waals surface area contributed by atoms with E-state index in [0.717, 1.165) is 15.7 Å². The Kier molecular flexibility index (Phi) is 2.31. The third-order valence-corrected chi connectivity index (χ3v) is 2.11. The highest BCUT2D eigenvalue weighted by molar-refractivity contribution is 9.10. The third-order valence-electron chi connectivity index (χ3n) is 1.64. The van der Waals surface area contributed by atoms with Gasteiger partial charge in [-0.25, -0.2) is 4.98 Å². The van der Waals surface area contributed by atoms with Crippen LogP contribution in [0.4, 0.5) is 0 Å². The zero-order valence-corrected chi connectivity index (χ0v) is 8.27. The average Bonchev–Trinajstić information content (AvgIpc) is 2.20. The normalized spacial score (nSPS) is 9.92. The van der Waals surface area contributed by atoms with Crippen LogP contribution in [0.1, 0.15) is 0 Å². The van der Waals surface area contributed by atoms with E-state index in [1.54, 1.807) is 18.6 Å². The van der Waals surface area contributed by atoms with Crippen LogP contribution < -0.4 is 0 Å². The van der Waals surface area contributed by atoms with Crippen molar-refractivity contribution >= 4 is 15.9 Å². The molecule has 0 aromatic carbocycles. The molecule has 0 aliphatic carbocycles. The zero-order valence-electron chi connectivity index (χ0n) is 6.68. The molecule has 0 unspecified atom stereocenters. The Morgan fingerprint density at radius 3 is 2.38 bits per heavy atom. The highest BCUT2D eigenvalue weighted by Gasteiger charge is 1.96. The van der Waals surface area contributed by atoms with Gasteiger partial charge in [0.15, 0.2) is 0 Å². The summed E-state index contributed by atoms with van der Waals surface area (Å²) in [6.45, 7) is 0. The molecule has 13 heavy (non-hydrogen) atoms. The summed E-state index contributed by atoms with van der Waals surface area (Å²) in [5.74, 6) is 0. The highest BCUT2D eigenvalue weighted by atomic mass is 79.9. The summed E-state index contributed by atoms with van der Waals surface area (Å²) in [4.78, 5) is 4.12. The maximum Gasteiger partial charge on any atom is 0.106 e. The summed E-state index contributed by atoms with van der Waals surface area (Å²) >= 11 is 3.28. The second-order valence-electron chi connectivity index (χ2n) is 2.50. The number of hydrogen-bond acceptors (Lipinski definition) is 3. The molecule has 0 fully saturated rings. The molecule has 2 rings (SSSR count). The molecule has 64 valence electrons. The Labute approximate surface area is 84.0 Å². The van der Waals surface area contributed by atoms with Crippen molar-refractivity contribution in [3.05, 3.63) is 41.4 Å². The molecule has 0 saturated carbocycles. The Bertz CT molecular complexity index is 385. The van der Waals surface area contributed by atoms with Crippen molar-refractivity contribution in [2.24, 2.45) is 0 Å². The van der Waals surface area contributed by atoms with Crippen molar-refractivity contribution in [1.29, 1.82) is 0 Å². The van der Waals surface area contributed by atoms with Crippen LogP contribution in [0.2, 0.25) is 0 Å². The monoisotopic (exact) mass is 235 g/mol. The maximum absolute atomic E-state index is 4.12. The van der Waals surface area contributed by atoms with Crippen LogP contribution in [-0.4, -0.2) is 15.2 Å². The zero-order chi connectivity index (χ0) is 9.10. The first-order valence-electron chi connectivity index (χ1n) is 3.75. The van der Waals surface area contributed by atoms with Gasteiger partial charge in [0.05, 0.1) is 12.4 Å². The van der Waals surface area contributed by atoms with Gasteiger partial charge in [-0.3, -0.25) is 0 Å². The van der Waals surface area contributed by atoms with Crippen LogP contribution in [0.3, 0.4) is 0 Å². The van der Waals surface area contributed by atoms with Gasteiger partial charge in [-0.05, 0) is 28.1 Å². The van der Waals surface area contributed by atoms with Gasteiger partial charge in [0.2, 0.25) is 0 Å². The minimum atomic E-state index is 0.832. The van der Waals surface area contributed by atoms with Crippen LogP contribution in [0.15, 0.2) is 41.4 Å². The molecule has 0 atom stereocenters. The number of halogens is 1. The van der Waals surface area contributed by atoms with Crippen LogP contribution in [0.5, 0.6) is 0 Å². The molecular weight excluding hydrogens is 230 g/mol. The van der Waals surface area contributed by atoms with Gasteiger partial charge in [0.1, 0.15) is 4.60 Å². The van der Waals surface area contributed by atoms with E-state index in [-0.39, 0.29) is 0 Å². The maximum atomic E-state index is 4.12. The summed E-state index contributed by atoms with van der Waals surface area (Å²) in [6, 6.07) is 5.78. The van der Waals surface area contributed by atoms with Crippen LogP contribution in [0, 0.1) is 0 Å². The molecular formula is C9H6BrN3. The first-order chi connectivity index (χ1) is 6.36. The molecule has 3 nitrogen and oxygen atoms in total. The van der Waals surface area contributed by atoms with E-state index in [2.05, 4.69) is 31.1 Å². The lowest BCUT2D eigenvalue weighted by molar-refractivity contribution is 1.03. The summed E-state index contributed by atoms with van der Waals surface area (Å²) in [6.07, 6.45) is 5.17. The average molecular weight is 236 g/mol. The van der Waals surface area contributed by atoms with Gasteiger partial charge in [-0.2, -0.15) is 10.2 Å². The van der Waals surface area contributed by atoms with Crippen molar-refractivity contribution in [2.45, 2.75) is 0 Å². The summed E-state index contributed by atoms with van der Waals surface area (Å²) in [5.41, 5.74) is 2.06. The Morgan fingerprint density at radius 1 is 0.923 bits per heavy atom. The molecule has 2 aromatic rings. The van der Waals surface area contributed by atoms with E-state index >= 15 is 0 Å². The van der Waals surface area contributed by atoms with E-state index in [0.29, 0.717) is 0 Å². The van der Waals surface area contributed by atoms with E-state index in [4.69, 9.17) is 0 Å². The lowest BCUT2D eigenvalue weighted by atomic mass is 10.1. The van der Waals surface area contributed by atoms with Gasteiger partial charge >= 0.3 is 0 Å². The number of hydrogen-bond donors (Lipinski definition) is 0. The van der Waals surface area contributed by atoms with Crippen LogP contribution in [-0.2, 0) is 0 Å². The third kappa shape index (κ3) is 1.89. The second-order valence-corrected chi connectivity index (χ2v) is 3.31. The van der Waals surface area contributed by atoms with Crippen molar-refractivity contribution in [3.63, 3.8) is 0 Å². The highest BCUT2D eigenvalue weighted by Crippen LogP contribution is 2.17. The van der Waals surface area contributed by atoms with Crippen molar-refractivity contribution in [2.75, 3.05) is 0 Å². The lowest BCUT2D eigenvalue weighted by Crippen LogP contribution is -1.83. The molecule has 0 bridgehead atoms. The predicted molar refractivity (Wildman–Crippen MR) is 53.0 cm³/mol. The molecule has 0 N–H and O–H groups in total. The van der Waals surface area contributed by atoms with Crippen molar-refractivity contribution < 1.29 is 0 Å². The first-order valence-corrected chi connectivity index (χ1v) is 4.54. The Hall–Kier alpha value is -1.29. The number of aromatic nitrogens is 3. The fourth-order valence-corrected chi connectivity index (χ4v) is 1.24. The first kappa shape index (κ1) is 8.31. The smallest absolute Gasteiger partial charge is 0.106 e. The molecule has 0 aliphatic heterocycles. The molecule has 2 heterocycles. The minimum Gasteiger partial charge on any atom is -0.249 e. The molecule has 0 spiro atoms. The van der Waals surface area contributed by atoms with Crippen molar-refractivity contribution in [3.8, 4) is 11.1 Å². The summed E-state index contributed by atoms with van der Waals surface area (Å²) in [5, 5.41) is 7.50. The quantitative estimate of drug-likeness (QED) is 0.713. The van der Waals surface area contributed by atoms with Gasteiger partial charge in [0, 0.05) is 17.3 Å². The van der Waals surface area contributed by atoms with E-state index < -0.39 is 0 Å². The standard InChI is InChI=1S/C9H6BrN3/c10-9-2-1-7(5-11-9)8-3-4-12-13-6-8/h1-6H. The van der Waals surface area contributed by atoms with Gasteiger partial charge in [0.25, 0.3) is 0 Å². The number of nitrogens with zero attached hydrogens (tertiary/aromatic N) is 3. The van der Waals surface area contributed by atoms with Gasteiger partial charge < -0.3 is 0 Å². The molecule has 2 aromatic heterocycles. The van der Waals surface area contributed by atoms with Crippen LogP contribution in [0.25, 0.3) is 11.1 Å². The van der Waals surface area contributed by atoms with E-state index in [1.807, 2.05) is 18.2 Å². The Balaban J connectivity index is 2.42. The molecule has 0 saturated heterocycles.